The number of fused-ring (bicyclic) bond motifs is 1. The summed E-state index contributed by atoms with van der Waals surface area (Å²) in [4.78, 5) is 17.3. The van der Waals surface area contributed by atoms with E-state index in [0.717, 1.165) is 28.2 Å². The number of hydrogen-bond donors (Lipinski definition) is 1. The Labute approximate surface area is 182 Å². The van der Waals surface area contributed by atoms with E-state index < -0.39 is 0 Å². The van der Waals surface area contributed by atoms with Gasteiger partial charge in [-0.15, -0.1) is 0 Å². The van der Waals surface area contributed by atoms with Gasteiger partial charge in [-0.2, -0.15) is 0 Å². The maximum Gasteiger partial charge on any atom is 0.251 e. The number of carbonyl (C=O) groups excluding carboxylic acids is 1. The lowest BCUT2D eigenvalue weighted by molar-refractivity contribution is 0.0949. The van der Waals surface area contributed by atoms with Crippen LogP contribution in [0.1, 0.15) is 32.9 Å². The van der Waals surface area contributed by atoms with E-state index in [1.807, 2.05) is 61.5 Å². The zero-order valence-corrected chi connectivity index (χ0v) is 18.2. The molecule has 1 heterocycles. The van der Waals surface area contributed by atoms with E-state index in [0.29, 0.717) is 25.3 Å². The third-order valence-electron chi connectivity index (χ3n) is 5.52. The van der Waals surface area contributed by atoms with Crippen molar-refractivity contribution in [1.29, 1.82) is 0 Å². The molecule has 4 rings (SSSR count). The van der Waals surface area contributed by atoms with Crippen molar-refractivity contribution in [2.45, 2.75) is 33.9 Å². The number of aryl methyl sites for hydroxylation is 3. The smallest absolute Gasteiger partial charge is 0.251 e. The van der Waals surface area contributed by atoms with Crippen molar-refractivity contribution in [3.05, 3.63) is 94.8 Å². The van der Waals surface area contributed by atoms with Gasteiger partial charge in [0.2, 0.25) is 0 Å². The molecule has 0 aliphatic heterocycles. The molecule has 0 aliphatic carbocycles. The number of amides is 1. The number of nitrogens with zero attached hydrogens (tertiary/aromatic N) is 2. The number of imidazole rings is 1. The summed E-state index contributed by atoms with van der Waals surface area (Å²) in [6.07, 6.45) is 0. The zero-order chi connectivity index (χ0) is 21.8. The predicted octanol–water partition coefficient (Wildman–Crippen LogP) is 4.97. The van der Waals surface area contributed by atoms with Gasteiger partial charge in [0.25, 0.3) is 5.91 Å². The Morgan fingerprint density at radius 3 is 2.52 bits per heavy atom. The van der Waals surface area contributed by atoms with Crippen molar-refractivity contribution in [2.24, 2.45) is 0 Å². The van der Waals surface area contributed by atoms with Crippen LogP contribution in [0.3, 0.4) is 0 Å². The van der Waals surface area contributed by atoms with Crippen molar-refractivity contribution >= 4 is 16.9 Å². The summed E-state index contributed by atoms with van der Waals surface area (Å²) in [5.41, 5.74) is 6.18. The normalized spacial score (nSPS) is 10.9. The largest absolute Gasteiger partial charge is 0.492 e. The van der Waals surface area contributed by atoms with Gasteiger partial charge in [0.15, 0.2) is 0 Å². The van der Waals surface area contributed by atoms with Crippen LogP contribution in [0.5, 0.6) is 5.75 Å². The van der Waals surface area contributed by atoms with Crippen LogP contribution < -0.4 is 10.1 Å². The Morgan fingerprint density at radius 1 is 0.968 bits per heavy atom. The number of rotatable bonds is 7. The number of para-hydroxylation sites is 2. The maximum absolute atomic E-state index is 12.5. The van der Waals surface area contributed by atoms with Gasteiger partial charge in [-0.05, 0) is 68.3 Å². The second-order valence-corrected chi connectivity index (χ2v) is 7.81. The third-order valence-corrected chi connectivity index (χ3v) is 5.52. The second kappa shape index (κ2) is 9.04. The topological polar surface area (TPSA) is 56.2 Å². The van der Waals surface area contributed by atoms with Crippen molar-refractivity contribution in [1.82, 2.24) is 14.9 Å². The number of nitrogens with one attached hydrogen (secondary N) is 1. The molecule has 0 fully saturated rings. The number of ether oxygens (including phenoxy) is 1. The molecule has 0 radical (unpaired) electrons. The molecule has 0 bridgehead atoms. The number of benzene rings is 3. The van der Waals surface area contributed by atoms with Gasteiger partial charge in [-0.1, -0.05) is 35.9 Å². The number of carbonyl (C=O) groups is 1. The molecule has 3 aromatic carbocycles. The van der Waals surface area contributed by atoms with E-state index in [2.05, 4.69) is 35.9 Å². The fourth-order valence-corrected chi connectivity index (χ4v) is 3.53. The fourth-order valence-electron chi connectivity index (χ4n) is 3.53. The first-order valence-corrected chi connectivity index (χ1v) is 10.5. The quantitative estimate of drug-likeness (QED) is 0.465. The summed E-state index contributed by atoms with van der Waals surface area (Å²) in [5, 5.41) is 2.99. The summed E-state index contributed by atoms with van der Waals surface area (Å²) >= 11 is 0. The first-order valence-electron chi connectivity index (χ1n) is 10.5. The highest BCUT2D eigenvalue weighted by Crippen LogP contribution is 2.19. The van der Waals surface area contributed by atoms with Crippen LogP contribution in [0.2, 0.25) is 0 Å². The SMILES string of the molecule is Cc1ccc(C(=O)NCc2nc3ccccc3n2CCOc2ccc(C)c(C)c2)cc1. The molecule has 4 aromatic rings. The molecule has 5 nitrogen and oxygen atoms in total. The molecular formula is C26H27N3O2. The maximum atomic E-state index is 12.5. The second-order valence-electron chi connectivity index (χ2n) is 7.81. The van der Waals surface area contributed by atoms with Crippen molar-refractivity contribution < 1.29 is 9.53 Å². The van der Waals surface area contributed by atoms with E-state index in [1.54, 1.807) is 0 Å². The molecule has 0 spiro atoms. The van der Waals surface area contributed by atoms with Gasteiger partial charge in [0.05, 0.1) is 24.1 Å². The van der Waals surface area contributed by atoms with Gasteiger partial charge in [-0.3, -0.25) is 4.79 Å². The van der Waals surface area contributed by atoms with Crippen LogP contribution in [-0.2, 0) is 13.1 Å². The third kappa shape index (κ3) is 4.77. The first-order chi connectivity index (χ1) is 15.0. The minimum absolute atomic E-state index is 0.106. The average Bonchev–Trinajstić information content (AvgIpc) is 3.12. The van der Waals surface area contributed by atoms with Crippen LogP contribution in [0, 0.1) is 20.8 Å². The Bertz CT molecular complexity index is 1210. The molecule has 1 N–H and O–H groups in total. The summed E-state index contributed by atoms with van der Waals surface area (Å²) in [7, 11) is 0. The average molecular weight is 414 g/mol. The first kappa shape index (κ1) is 20.7. The van der Waals surface area contributed by atoms with E-state index >= 15 is 0 Å². The lowest BCUT2D eigenvalue weighted by Crippen LogP contribution is -2.25. The molecule has 0 saturated carbocycles. The minimum atomic E-state index is -0.106. The summed E-state index contributed by atoms with van der Waals surface area (Å²) in [6, 6.07) is 21.7. The van der Waals surface area contributed by atoms with Crippen LogP contribution in [-0.4, -0.2) is 22.1 Å². The predicted molar refractivity (Wildman–Crippen MR) is 123 cm³/mol. The summed E-state index contributed by atoms with van der Waals surface area (Å²) < 4.78 is 8.11. The van der Waals surface area contributed by atoms with E-state index in [4.69, 9.17) is 9.72 Å². The number of aromatic nitrogens is 2. The van der Waals surface area contributed by atoms with E-state index in [1.165, 1.54) is 11.1 Å². The lowest BCUT2D eigenvalue weighted by Gasteiger charge is -2.12. The molecule has 0 saturated heterocycles. The molecule has 0 aliphatic rings. The molecule has 1 amide bonds. The summed E-state index contributed by atoms with van der Waals surface area (Å²) in [6.45, 7) is 7.69. The van der Waals surface area contributed by atoms with Crippen LogP contribution in [0.25, 0.3) is 11.0 Å². The van der Waals surface area contributed by atoms with Gasteiger partial charge < -0.3 is 14.6 Å². The van der Waals surface area contributed by atoms with Crippen molar-refractivity contribution in [3.8, 4) is 5.75 Å². The Hall–Kier alpha value is -3.60. The van der Waals surface area contributed by atoms with Gasteiger partial charge in [0.1, 0.15) is 18.2 Å². The van der Waals surface area contributed by atoms with E-state index in [-0.39, 0.29) is 5.91 Å². The molecule has 158 valence electrons. The lowest BCUT2D eigenvalue weighted by atomic mass is 10.1. The molecule has 0 atom stereocenters. The van der Waals surface area contributed by atoms with Crippen LogP contribution >= 0.6 is 0 Å². The summed E-state index contributed by atoms with van der Waals surface area (Å²) in [5.74, 6) is 1.57. The molecule has 31 heavy (non-hydrogen) atoms. The highest BCUT2D eigenvalue weighted by molar-refractivity contribution is 5.94. The Balaban J connectivity index is 1.48. The number of hydrogen-bond acceptors (Lipinski definition) is 3. The molecule has 1 aromatic heterocycles. The van der Waals surface area contributed by atoms with Crippen LogP contribution in [0.15, 0.2) is 66.7 Å². The molecule has 5 heteroatoms. The standard InChI is InChI=1S/C26H27N3O2/c1-18-8-11-21(12-9-18)26(30)27-17-25-28-23-6-4-5-7-24(23)29(25)14-15-31-22-13-10-19(2)20(3)16-22/h4-13,16H,14-15,17H2,1-3H3,(H,27,30). The Morgan fingerprint density at radius 2 is 1.74 bits per heavy atom. The molecule has 0 unspecified atom stereocenters. The molecular weight excluding hydrogens is 386 g/mol. The monoisotopic (exact) mass is 413 g/mol. The van der Waals surface area contributed by atoms with Crippen molar-refractivity contribution in [2.75, 3.05) is 6.61 Å². The minimum Gasteiger partial charge on any atom is -0.492 e. The van der Waals surface area contributed by atoms with Crippen molar-refractivity contribution in [3.63, 3.8) is 0 Å². The van der Waals surface area contributed by atoms with Gasteiger partial charge in [-0.25, -0.2) is 4.98 Å². The van der Waals surface area contributed by atoms with Crippen LogP contribution in [0.4, 0.5) is 0 Å². The highest BCUT2D eigenvalue weighted by Gasteiger charge is 2.12. The van der Waals surface area contributed by atoms with Gasteiger partial charge >= 0.3 is 0 Å². The highest BCUT2D eigenvalue weighted by atomic mass is 16.5. The van der Waals surface area contributed by atoms with Gasteiger partial charge in [0, 0.05) is 5.56 Å². The zero-order valence-electron chi connectivity index (χ0n) is 18.2. The fraction of sp³-hybridized carbons (Fsp3) is 0.231. The van der Waals surface area contributed by atoms with E-state index in [9.17, 15) is 4.79 Å². The Kier molecular flexibility index (Phi) is 6.03.